The second kappa shape index (κ2) is 22.9. The van der Waals surface area contributed by atoms with Crippen LogP contribution in [0.5, 0.6) is 11.5 Å². The van der Waals surface area contributed by atoms with Crippen molar-refractivity contribution in [3.63, 3.8) is 0 Å². The van der Waals surface area contributed by atoms with Crippen LogP contribution in [0.1, 0.15) is 83.4 Å². The van der Waals surface area contributed by atoms with E-state index in [1.807, 2.05) is 20.8 Å². The van der Waals surface area contributed by atoms with Crippen LogP contribution in [0, 0.1) is 23.3 Å². The van der Waals surface area contributed by atoms with Crippen LogP contribution < -0.4 is 14.6 Å². The van der Waals surface area contributed by atoms with E-state index in [9.17, 15) is 65.9 Å². The van der Waals surface area contributed by atoms with E-state index in [1.165, 1.54) is 12.1 Å². The van der Waals surface area contributed by atoms with Gasteiger partial charge in [0, 0.05) is 34.4 Å². The molecule has 0 amide bonds. The Hall–Kier alpha value is -4.76. The largest absolute Gasteiger partial charge is 0.461 e. The molecule has 0 spiro atoms. The molecule has 0 saturated carbocycles. The Balaban J connectivity index is 0.00000101. The first-order valence-electron chi connectivity index (χ1n) is 16.5. The monoisotopic (exact) mass is 924 g/mol. The molecule has 4 aromatic rings. The number of nitrogens with two attached hydrogens (primary N) is 1. The van der Waals surface area contributed by atoms with Crippen molar-refractivity contribution in [2.75, 3.05) is 0 Å². The second-order valence-electron chi connectivity index (χ2n) is 13.8. The van der Waals surface area contributed by atoms with Gasteiger partial charge >= 0.3 is 25.1 Å². The highest BCUT2D eigenvalue weighted by atomic mass is 32.2. The lowest BCUT2D eigenvalue weighted by atomic mass is 10.0. The van der Waals surface area contributed by atoms with Gasteiger partial charge in [0.2, 0.25) is 0 Å². The van der Waals surface area contributed by atoms with Gasteiger partial charge < -0.3 is 9.47 Å². The lowest BCUT2D eigenvalue weighted by molar-refractivity contribution is -0.253. The van der Waals surface area contributed by atoms with Gasteiger partial charge in [-0.15, -0.1) is 0 Å². The minimum Gasteiger partial charge on any atom is -0.428 e. The maximum Gasteiger partial charge on any atom is 0.461 e. The van der Waals surface area contributed by atoms with Crippen molar-refractivity contribution in [2.45, 2.75) is 91.0 Å². The van der Waals surface area contributed by atoms with Gasteiger partial charge in [-0.1, -0.05) is 14.9 Å². The van der Waals surface area contributed by atoms with E-state index in [0.29, 0.717) is 18.2 Å². The fourth-order valence-corrected chi connectivity index (χ4v) is 4.43. The van der Waals surface area contributed by atoms with Gasteiger partial charge in [-0.05, 0) is 114 Å². The molecule has 61 heavy (non-hydrogen) atoms. The van der Waals surface area contributed by atoms with Crippen LogP contribution in [0.25, 0.3) is 0 Å². The summed E-state index contributed by atoms with van der Waals surface area (Å²) >= 11 is 0. The summed E-state index contributed by atoms with van der Waals surface area (Å²) in [7, 11) is -3.03. The van der Waals surface area contributed by atoms with E-state index in [4.69, 9.17) is 5.14 Å². The van der Waals surface area contributed by atoms with E-state index in [-0.39, 0.29) is 42.0 Å². The quantitative estimate of drug-likeness (QED) is 0.0916. The van der Waals surface area contributed by atoms with Crippen molar-refractivity contribution in [2.24, 2.45) is 9.54 Å². The topological polar surface area (TPSA) is 108 Å². The average molecular weight is 925 g/mol. The molecule has 0 saturated heterocycles. The first kappa shape index (κ1) is 56.2. The smallest absolute Gasteiger partial charge is 0.428 e. The van der Waals surface area contributed by atoms with Gasteiger partial charge in [-0.25, -0.2) is 26.0 Å². The second-order valence-corrected chi connectivity index (χ2v) is 17.6. The molecule has 0 aliphatic heterocycles. The van der Waals surface area contributed by atoms with Gasteiger partial charge in [0.25, 0.3) is 0 Å². The Morgan fingerprint density at radius 2 is 0.902 bits per heavy atom. The van der Waals surface area contributed by atoms with E-state index >= 15 is 0 Å². The summed E-state index contributed by atoms with van der Waals surface area (Å²) in [5.41, 5.74) is -0.501. The molecular formula is C40H44F12N2O5S2. The van der Waals surface area contributed by atoms with E-state index in [0.717, 1.165) is 54.6 Å². The molecule has 0 aromatic heterocycles. The molecule has 0 fully saturated rings. The Kier molecular flexibility index (Phi) is 21.1. The number of benzene rings is 4. The molecule has 4 aromatic carbocycles. The number of ether oxygens (including phenoxy) is 2. The SMILES string of the molecule is C.C.CC(C)(C)[S@@](=O)N=C(c1ccc(F)cc1)c1cc(F)cc(OC(F)(F)C(F)F)c1.CC(C)(C)[S@](N)=O.O=C(c1ccc(F)cc1)c1cc(F)cc(OC(F)(F)C(F)F)c1. The molecule has 0 aliphatic carbocycles. The highest BCUT2D eigenvalue weighted by Gasteiger charge is 2.45. The summed E-state index contributed by atoms with van der Waals surface area (Å²) in [6, 6.07) is 13.0. The minimum atomic E-state index is -4.84. The molecule has 0 unspecified atom stereocenters. The minimum absolute atomic E-state index is 0. The zero-order chi connectivity index (χ0) is 45.3. The zero-order valence-electron chi connectivity index (χ0n) is 31.7. The molecule has 4 rings (SSSR count). The van der Waals surface area contributed by atoms with Gasteiger partial charge in [-0.3, -0.25) is 9.93 Å². The van der Waals surface area contributed by atoms with Crippen molar-refractivity contribution in [1.29, 1.82) is 0 Å². The predicted octanol–water partition coefficient (Wildman–Crippen LogP) is 11.6. The van der Waals surface area contributed by atoms with Crippen LogP contribution in [0.4, 0.5) is 52.7 Å². The van der Waals surface area contributed by atoms with Crippen molar-refractivity contribution >= 4 is 33.5 Å². The lowest BCUT2D eigenvalue weighted by Crippen LogP contribution is -2.33. The molecule has 340 valence electrons. The van der Waals surface area contributed by atoms with Crippen molar-refractivity contribution < 1.29 is 75.4 Å². The molecule has 0 radical (unpaired) electrons. The number of ketones is 1. The first-order valence-corrected chi connectivity index (χ1v) is 18.8. The lowest BCUT2D eigenvalue weighted by Gasteiger charge is -2.18. The van der Waals surface area contributed by atoms with Crippen LogP contribution in [-0.2, 0) is 22.0 Å². The highest BCUT2D eigenvalue weighted by molar-refractivity contribution is 7.85. The van der Waals surface area contributed by atoms with Crippen LogP contribution in [0.15, 0.2) is 89.3 Å². The van der Waals surface area contributed by atoms with Crippen molar-refractivity contribution in [1.82, 2.24) is 0 Å². The molecule has 21 heteroatoms. The van der Waals surface area contributed by atoms with Crippen molar-refractivity contribution in [3.8, 4) is 11.5 Å². The number of halogens is 12. The predicted molar refractivity (Wildman–Crippen MR) is 211 cm³/mol. The number of alkyl halides is 8. The number of carbonyl (C=O) groups is 1. The molecular weight excluding hydrogens is 881 g/mol. The van der Waals surface area contributed by atoms with Crippen LogP contribution >= 0.6 is 0 Å². The standard InChI is InChI=1S/C19H17F6NO2S.C15H8F6O2.C4H11NOS.2CH4/c1-18(2,3)29(27)26-16(11-4-6-13(20)7-5-11)12-8-14(21)10-15(9-12)28-19(24,25)17(22)23;16-10-3-1-8(2-4-10)13(22)9-5-11(17)7-12(6-9)23-15(20,21)14(18)19;1-4(2,3)7(5)6;;/h4-10,17H,1-3H3;1-7,14H;5H2,1-3H3;2*1H4/t29-;;7-;;/m1.1../s1. The van der Waals surface area contributed by atoms with Gasteiger partial charge in [0.15, 0.2) is 5.78 Å². The van der Waals surface area contributed by atoms with Crippen LogP contribution in [0.3, 0.4) is 0 Å². The number of carbonyl (C=O) groups excluding carboxylic acids is 1. The maximum atomic E-state index is 14.0. The number of nitrogens with zero attached hydrogens (tertiary/aromatic N) is 1. The summed E-state index contributed by atoms with van der Waals surface area (Å²) in [5, 5.41) is 5.04. The molecule has 0 bridgehead atoms. The number of rotatable bonds is 11. The fourth-order valence-electron chi connectivity index (χ4n) is 3.78. The van der Waals surface area contributed by atoms with E-state index in [2.05, 4.69) is 13.9 Å². The first-order chi connectivity index (χ1) is 26.9. The molecule has 2 atom stereocenters. The third kappa shape index (κ3) is 18.0. The third-order valence-corrected chi connectivity index (χ3v) is 9.42. The third-order valence-electron chi connectivity index (χ3n) is 6.82. The van der Waals surface area contributed by atoms with E-state index < -0.39 is 97.9 Å². The Labute approximate surface area is 350 Å². The van der Waals surface area contributed by atoms with E-state index in [1.54, 1.807) is 20.8 Å². The Morgan fingerprint density at radius 3 is 1.25 bits per heavy atom. The van der Waals surface area contributed by atoms with Gasteiger partial charge in [-0.2, -0.15) is 39.5 Å². The summed E-state index contributed by atoms with van der Waals surface area (Å²) < 4.78 is 188. The Bertz CT molecular complexity index is 2120. The molecule has 0 aliphatic rings. The summed E-state index contributed by atoms with van der Waals surface area (Å²) in [4.78, 5) is 12.1. The zero-order valence-corrected chi connectivity index (χ0v) is 33.3. The van der Waals surface area contributed by atoms with Gasteiger partial charge in [0.05, 0.1) is 26.2 Å². The summed E-state index contributed by atoms with van der Waals surface area (Å²) in [5.74, 6) is -6.00. The van der Waals surface area contributed by atoms with Crippen LogP contribution in [0.2, 0.25) is 0 Å². The molecule has 0 heterocycles. The number of hydrogen-bond acceptors (Lipinski definition) is 5. The highest BCUT2D eigenvalue weighted by Crippen LogP contribution is 2.31. The van der Waals surface area contributed by atoms with Crippen molar-refractivity contribution in [3.05, 3.63) is 130 Å². The molecule has 7 nitrogen and oxygen atoms in total. The molecule has 2 N–H and O–H groups in total. The Morgan fingerprint density at radius 1 is 0.557 bits per heavy atom. The van der Waals surface area contributed by atoms with Crippen LogP contribution in [-0.4, -0.2) is 54.5 Å². The number of hydrogen-bond donors (Lipinski definition) is 1. The summed E-state index contributed by atoms with van der Waals surface area (Å²) in [6.45, 7) is 10.4. The maximum absolute atomic E-state index is 14.0. The summed E-state index contributed by atoms with van der Waals surface area (Å²) in [6.07, 6.45) is -17.9. The normalized spacial score (nSPS) is 13.0. The average Bonchev–Trinajstić information content (AvgIpc) is 3.09. The fraction of sp³-hybridized carbons (Fsp3) is 0.350. The van der Waals surface area contributed by atoms with Gasteiger partial charge in [0.1, 0.15) is 45.8 Å².